The minimum Gasteiger partial charge on any atom is -0.492 e. The van der Waals surface area contributed by atoms with Crippen LogP contribution in [0.2, 0.25) is 5.02 Å². The quantitative estimate of drug-likeness (QED) is 0.467. The number of halogens is 1. The third-order valence-corrected chi connectivity index (χ3v) is 7.76. The molecule has 0 spiro atoms. The predicted octanol–water partition coefficient (Wildman–Crippen LogP) is 5.84. The van der Waals surface area contributed by atoms with Crippen molar-refractivity contribution in [1.82, 2.24) is 4.31 Å². The van der Waals surface area contributed by atoms with Gasteiger partial charge in [-0.15, -0.1) is 0 Å². The Morgan fingerprint density at radius 2 is 2.03 bits per heavy atom. The van der Waals surface area contributed by atoms with E-state index in [1.54, 1.807) is 0 Å². The van der Waals surface area contributed by atoms with Gasteiger partial charge in [0.25, 0.3) is 0 Å². The summed E-state index contributed by atoms with van der Waals surface area (Å²) in [6.45, 7) is 3.96. The van der Waals surface area contributed by atoms with Crippen LogP contribution in [0.15, 0.2) is 42.5 Å². The molecule has 0 heterocycles. The van der Waals surface area contributed by atoms with Crippen LogP contribution in [0, 0.1) is 0 Å². The highest BCUT2D eigenvalue weighted by atomic mass is 35.5. The van der Waals surface area contributed by atoms with Gasteiger partial charge in [0.15, 0.2) is 0 Å². The Bertz CT molecular complexity index is 842. The van der Waals surface area contributed by atoms with Crippen molar-refractivity contribution in [1.29, 1.82) is 0 Å². The lowest BCUT2D eigenvalue weighted by Gasteiger charge is -2.32. The normalized spacial score (nSPS) is 20.9. The molecular formula is C25H33ClN2OS. The molecule has 0 aliphatic heterocycles. The fourth-order valence-corrected chi connectivity index (χ4v) is 5.60. The van der Waals surface area contributed by atoms with E-state index in [1.165, 1.54) is 41.7 Å². The highest BCUT2D eigenvalue weighted by molar-refractivity contribution is 7.97. The van der Waals surface area contributed by atoms with Gasteiger partial charge in [0.1, 0.15) is 12.4 Å². The number of ether oxygens (including phenoxy) is 1. The maximum Gasteiger partial charge on any atom is 0.119 e. The summed E-state index contributed by atoms with van der Waals surface area (Å²) >= 11 is 8.19. The molecule has 2 aromatic carbocycles. The minimum atomic E-state index is 0.169. The Labute approximate surface area is 190 Å². The van der Waals surface area contributed by atoms with Crippen molar-refractivity contribution in [3.05, 3.63) is 64.2 Å². The number of benzene rings is 2. The second-order valence-corrected chi connectivity index (χ2v) is 10.1. The zero-order valence-corrected chi connectivity index (χ0v) is 19.4. The predicted molar refractivity (Wildman–Crippen MR) is 129 cm³/mol. The first-order valence-corrected chi connectivity index (χ1v) is 12.6. The molecule has 0 saturated heterocycles. The highest BCUT2D eigenvalue weighted by Crippen LogP contribution is 2.36. The number of hydrogen-bond acceptors (Lipinski definition) is 4. The van der Waals surface area contributed by atoms with E-state index < -0.39 is 0 Å². The summed E-state index contributed by atoms with van der Waals surface area (Å²) in [6, 6.07) is 15.7. The molecule has 5 heteroatoms. The topological polar surface area (TPSA) is 38.5 Å². The van der Waals surface area contributed by atoms with Crippen molar-refractivity contribution in [2.45, 2.75) is 63.5 Å². The minimum absolute atomic E-state index is 0.169. The van der Waals surface area contributed by atoms with Crippen LogP contribution in [0.1, 0.15) is 55.2 Å². The van der Waals surface area contributed by atoms with Crippen LogP contribution in [-0.2, 0) is 12.8 Å². The van der Waals surface area contributed by atoms with E-state index in [9.17, 15) is 0 Å². The van der Waals surface area contributed by atoms with Crippen molar-refractivity contribution in [3.63, 3.8) is 0 Å². The first-order valence-electron chi connectivity index (χ1n) is 11.3. The van der Waals surface area contributed by atoms with Crippen LogP contribution in [0.3, 0.4) is 0 Å². The highest BCUT2D eigenvalue weighted by Gasteiger charge is 2.30. The van der Waals surface area contributed by atoms with Crippen molar-refractivity contribution >= 4 is 23.5 Å². The number of fused-ring (bicyclic) bond motifs is 1. The van der Waals surface area contributed by atoms with Crippen molar-refractivity contribution in [2.24, 2.45) is 5.73 Å². The summed E-state index contributed by atoms with van der Waals surface area (Å²) in [5.74, 6) is 2.47. The average molecular weight is 445 g/mol. The van der Waals surface area contributed by atoms with E-state index >= 15 is 0 Å². The van der Waals surface area contributed by atoms with E-state index in [4.69, 9.17) is 22.1 Å². The number of rotatable bonds is 10. The Balaban J connectivity index is 1.42. The van der Waals surface area contributed by atoms with Crippen molar-refractivity contribution < 1.29 is 4.74 Å². The van der Waals surface area contributed by atoms with Gasteiger partial charge in [0.2, 0.25) is 0 Å². The summed E-state index contributed by atoms with van der Waals surface area (Å²) in [6.07, 6.45) is 6.88. The average Bonchev–Trinajstić information content (AvgIpc) is 3.58. The van der Waals surface area contributed by atoms with E-state index in [0.29, 0.717) is 5.92 Å². The summed E-state index contributed by atoms with van der Waals surface area (Å²) in [7, 11) is 0. The van der Waals surface area contributed by atoms with Gasteiger partial charge in [-0.3, -0.25) is 0 Å². The Morgan fingerprint density at radius 3 is 2.80 bits per heavy atom. The van der Waals surface area contributed by atoms with Crippen molar-refractivity contribution in [3.8, 4) is 5.75 Å². The number of nitrogens with zero attached hydrogens (tertiary/aromatic N) is 1. The molecule has 2 N–H and O–H groups in total. The molecule has 0 radical (unpaired) electrons. The summed E-state index contributed by atoms with van der Waals surface area (Å²) in [4.78, 5) is 0. The van der Waals surface area contributed by atoms with Gasteiger partial charge in [-0.25, -0.2) is 4.31 Å². The van der Waals surface area contributed by atoms with Crippen LogP contribution in [0.25, 0.3) is 0 Å². The third-order valence-electron chi connectivity index (χ3n) is 6.12. The van der Waals surface area contributed by atoms with Gasteiger partial charge in [-0.2, -0.15) is 0 Å². The number of nitrogens with two attached hydrogens (primary N) is 1. The Kier molecular flexibility index (Phi) is 7.64. The fraction of sp³-hybridized carbons (Fsp3) is 0.520. The van der Waals surface area contributed by atoms with Crippen LogP contribution < -0.4 is 10.5 Å². The molecule has 2 atom stereocenters. The van der Waals surface area contributed by atoms with Gasteiger partial charge in [-0.05, 0) is 79.5 Å². The monoisotopic (exact) mass is 444 g/mol. The van der Waals surface area contributed by atoms with Gasteiger partial charge in [0, 0.05) is 35.3 Å². The Morgan fingerprint density at radius 1 is 1.17 bits per heavy atom. The molecule has 2 aliphatic carbocycles. The van der Waals surface area contributed by atoms with E-state index in [1.807, 2.05) is 24.1 Å². The second kappa shape index (κ2) is 10.4. The van der Waals surface area contributed by atoms with Gasteiger partial charge < -0.3 is 10.5 Å². The molecular weight excluding hydrogens is 412 g/mol. The molecule has 2 aromatic rings. The molecule has 3 nitrogen and oxygen atoms in total. The van der Waals surface area contributed by atoms with E-state index in [2.05, 4.69) is 41.6 Å². The second-order valence-electron chi connectivity index (χ2n) is 8.56. The molecule has 1 fully saturated rings. The standard InChI is InChI=1S/C25H33ClN2OS/c1-2-14-30-28(21-8-9-21)12-13-29-22-10-6-19-7-11-25(27)24(23(19)17-22)16-18-4-3-5-20(26)15-18/h3-6,10,15,17,21,24-25H,2,7-9,11-14,16,27H2,1H3. The van der Waals surface area contributed by atoms with E-state index in [0.717, 1.165) is 49.2 Å². The molecule has 0 bridgehead atoms. The largest absolute Gasteiger partial charge is 0.492 e. The molecule has 2 aliphatic rings. The molecule has 0 amide bonds. The van der Waals surface area contributed by atoms with Gasteiger partial charge in [0.05, 0.1) is 0 Å². The molecule has 30 heavy (non-hydrogen) atoms. The molecule has 162 valence electrons. The summed E-state index contributed by atoms with van der Waals surface area (Å²) in [5.41, 5.74) is 10.6. The number of hydrogen-bond donors (Lipinski definition) is 1. The molecule has 2 unspecified atom stereocenters. The molecule has 0 aromatic heterocycles. The fourth-order valence-electron chi connectivity index (χ4n) is 4.35. The summed E-state index contributed by atoms with van der Waals surface area (Å²) < 4.78 is 8.72. The maximum atomic E-state index is 6.57. The zero-order chi connectivity index (χ0) is 20.9. The van der Waals surface area contributed by atoms with Crippen molar-refractivity contribution in [2.75, 3.05) is 18.9 Å². The van der Waals surface area contributed by atoms with Crippen LogP contribution in [0.5, 0.6) is 5.75 Å². The lowest BCUT2D eigenvalue weighted by molar-refractivity contribution is 0.278. The lowest BCUT2D eigenvalue weighted by Crippen LogP contribution is -2.34. The zero-order valence-electron chi connectivity index (χ0n) is 17.9. The van der Waals surface area contributed by atoms with Crippen LogP contribution in [0.4, 0.5) is 0 Å². The number of aryl methyl sites for hydroxylation is 1. The SMILES string of the molecule is CCCSN(CCOc1ccc2c(c1)C(Cc1cccc(Cl)c1)C(N)CC2)C1CC1. The Hall–Kier alpha value is -1.20. The first-order chi connectivity index (χ1) is 14.6. The smallest absolute Gasteiger partial charge is 0.119 e. The lowest BCUT2D eigenvalue weighted by atomic mass is 9.76. The van der Waals surface area contributed by atoms with Gasteiger partial charge in [-0.1, -0.05) is 48.7 Å². The summed E-state index contributed by atoms with van der Waals surface area (Å²) in [5, 5.41) is 0.787. The molecule has 4 rings (SSSR count). The van der Waals surface area contributed by atoms with Crippen LogP contribution >= 0.6 is 23.5 Å². The van der Waals surface area contributed by atoms with E-state index in [-0.39, 0.29) is 6.04 Å². The maximum absolute atomic E-state index is 6.57. The first kappa shape index (κ1) is 22.0. The third kappa shape index (κ3) is 5.73. The van der Waals surface area contributed by atoms with Gasteiger partial charge >= 0.3 is 0 Å². The van der Waals surface area contributed by atoms with Crippen LogP contribution in [-0.4, -0.2) is 35.3 Å². The molecule has 1 saturated carbocycles.